The largest absolute Gasteiger partial charge is 0.455 e. The van der Waals surface area contributed by atoms with Crippen LogP contribution in [0.15, 0.2) is 54.6 Å². The van der Waals surface area contributed by atoms with E-state index in [1.54, 1.807) is 0 Å². The molecule has 1 aliphatic carbocycles. The summed E-state index contributed by atoms with van der Waals surface area (Å²) in [5, 5.41) is 2.98. The van der Waals surface area contributed by atoms with Crippen molar-refractivity contribution in [3.63, 3.8) is 0 Å². The van der Waals surface area contributed by atoms with Crippen molar-refractivity contribution in [1.82, 2.24) is 0 Å². The van der Waals surface area contributed by atoms with Gasteiger partial charge >= 0.3 is 0 Å². The summed E-state index contributed by atoms with van der Waals surface area (Å²) in [6.07, 6.45) is 4.87. The summed E-state index contributed by atoms with van der Waals surface area (Å²) in [4.78, 5) is 12.4. The second-order valence-electron chi connectivity index (χ2n) is 6.37. The zero-order chi connectivity index (χ0) is 16.8. The third-order valence-corrected chi connectivity index (χ3v) is 4.55. The summed E-state index contributed by atoms with van der Waals surface area (Å²) < 4.78 is 5.88. The average molecular weight is 324 g/mol. The van der Waals surface area contributed by atoms with Crippen LogP contribution in [-0.2, 0) is 4.79 Å². The number of benzene rings is 2. The first-order valence-corrected chi connectivity index (χ1v) is 8.60. The SMILES string of the molecule is NC1CCCCC1CC(=O)Nc1ccccc1Oc1ccccc1. The molecule has 0 radical (unpaired) electrons. The monoisotopic (exact) mass is 324 g/mol. The molecule has 1 aliphatic rings. The second-order valence-corrected chi connectivity index (χ2v) is 6.37. The lowest BCUT2D eigenvalue weighted by Crippen LogP contribution is -2.35. The summed E-state index contributed by atoms with van der Waals surface area (Å²) in [6, 6.07) is 17.2. The lowest BCUT2D eigenvalue weighted by atomic mass is 9.83. The Hall–Kier alpha value is -2.33. The van der Waals surface area contributed by atoms with Crippen molar-refractivity contribution in [1.29, 1.82) is 0 Å². The number of rotatable bonds is 5. The van der Waals surface area contributed by atoms with Crippen molar-refractivity contribution < 1.29 is 9.53 Å². The minimum absolute atomic E-state index is 0.00135. The van der Waals surface area contributed by atoms with Crippen LogP contribution in [0.25, 0.3) is 0 Å². The number of hydrogen-bond acceptors (Lipinski definition) is 3. The first-order chi connectivity index (χ1) is 11.7. The van der Waals surface area contributed by atoms with Gasteiger partial charge in [0.1, 0.15) is 5.75 Å². The van der Waals surface area contributed by atoms with Gasteiger partial charge in [-0.25, -0.2) is 0 Å². The predicted octanol–water partition coefficient (Wildman–Crippen LogP) is 4.33. The third kappa shape index (κ3) is 4.36. The molecule has 1 saturated carbocycles. The highest BCUT2D eigenvalue weighted by Crippen LogP contribution is 2.30. The Morgan fingerprint density at radius 1 is 1.04 bits per heavy atom. The molecule has 1 amide bonds. The molecule has 0 aliphatic heterocycles. The molecule has 4 nitrogen and oxygen atoms in total. The fourth-order valence-corrected chi connectivity index (χ4v) is 3.20. The Morgan fingerprint density at radius 2 is 1.75 bits per heavy atom. The van der Waals surface area contributed by atoms with Crippen LogP contribution in [0, 0.1) is 5.92 Å². The van der Waals surface area contributed by atoms with Crippen LogP contribution in [-0.4, -0.2) is 11.9 Å². The van der Waals surface area contributed by atoms with E-state index in [2.05, 4.69) is 5.32 Å². The maximum Gasteiger partial charge on any atom is 0.224 e. The number of ether oxygens (including phenoxy) is 1. The van der Waals surface area contributed by atoms with Crippen LogP contribution in [0.2, 0.25) is 0 Å². The van der Waals surface area contributed by atoms with Crippen molar-refractivity contribution in [2.75, 3.05) is 5.32 Å². The van der Waals surface area contributed by atoms with Gasteiger partial charge in [0.25, 0.3) is 0 Å². The zero-order valence-electron chi connectivity index (χ0n) is 13.8. The lowest BCUT2D eigenvalue weighted by molar-refractivity contribution is -0.117. The predicted molar refractivity (Wildman–Crippen MR) is 96.1 cm³/mol. The number of carbonyl (C=O) groups is 1. The molecular formula is C20H24N2O2. The number of hydrogen-bond donors (Lipinski definition) is 2. The summed E-state index contributed by atoms with van der Waals surface area (Å²) in [5.74, 6) is 1.67. The van der Waals surface area contributed by atoms with E-state index in [0.29, 0.717) is 17.9 Å². The molecule has 0 saturated heterocycles. The Morgan fingerprint density at radius 3 is 2.54 bits per heavy atom. The van der Waals surface area contributed by atoms with Gasteiger partial charge in [-0.3, -0.25) is 4.79 Å². The van der Waals surface area contributed by atoms with E-state index in [0.717, 1.165) is 18.6 Å². The van der Waals surface area contributed by atoms with Crippen LogP contribution in [0.3, 0.4) is 0 Å². The topological polar surface area (TPSA) is 64.4 Å². The van der Waals surface area contributed by atoms with Gasteiger partial charge < -0.3 is 15.8 Å². The van der Waals surface area contributed by atoms with Crippen molar-refractivity contribution in [3.05, 3.63) is 54.6 Å². The molecule has 4 heteroatoms. The maximum atomic E-state index is 12.4. The van der Waals surface area contributed by atoms with Crippen molar-refractivity contribution >= 4 is 11.6 Å². The van der Waals surface area contributed by atoms with Crippen LogP contribution >= 0.6 is 0 Å². The molecule has 2 aromatic carbocycles. The maximum absolute atomic E-state index is 12.4. The molecule has 3 N–H and O–H groups in total. The minimum Gasteiger partial charge on any atom is -0.455 e. The molecule has 1 fully saturated rings. The van der Waals surface area contributed by atoms with Gasteiger partial charge in [0.05, 0.1) is 5.69 Å². The first kappa shape index (κ1) is 16.5. The van der Waals surface area contributed by atoms with E-state index in [4.69, 9.17) is 10.5 Å². The van der Waals surface area contributed by atoms with Gasteiger partial charge in [0.2, 0.25) is 5.91 Å². The second kappa shape index (κ2) is 7.97. The number of amides is 1. The van der Waals surface area contributed by atoms with Gasteiger partial charge in [-0.1, -0.05) is 43.2 Å². The average Bonchev–Trinajstić information content (AvgIpc) is 2.60. The molecule has 3 rings (SSSR count). The van der Waals surface area contributed by atoms with Crippen molar-refractivity contribution in [2.24, 2.45) is 11.7 Å². The molecule has 126 valence electrons. The fraction of sp³-hybridized carbons (Fsp3) is 0.350. The molecule has 2 aromatic rings. The van der Waals surface area contributed by atoms with Gasteiger partial charge in [-0.15, -0.1) is 0 Å². The Labute approximate surface area is 143 Å². The van der Waals surface area contributed by atoms with Gasteiger partial charge in [0, 0.05) is 12.5 Å². The summed E-state index contributed by atoms with van der Waals surface area (Å²) >= 11 is 0. The van der Waals surface area contributed by atoms with E-state index < -0.39 is 0 Å². The van der Waals surface area contributed by atoms with Crippen LogP contribution in [0.5, 0.6) is 11.5 Å². The number of para-hydroxylation sites is 3. The number of nitrogens with one attached hydrogen (secondary N) is 1. The standard InChI is InChI=1S/C20H24N2O2/c21-17-11-5-4-8-15(17)14-20(23)22-18-12-6-7-13-19(18)24-16-9-2-1-3-10-16/h1-3,6-7,9-10,12-13,15,17H,4-5,8,11,14,21H2,(H,22,23). The molecule has 0 bridgehead atoms. The highest BCUT2D eigenvalue weighted by molar-refractivity contribution is 5.92. The highest BCUT2D eigenvalue weighted by Gasteiger charge is 2.24. The van der Waals surface area contributed by atoms with Gasteiger partial charge in [0.15, 0.2) is 5.75 Å². The normalized spacial score (nSPS) is 20.4. The fourth-order valence-electron chi connectivity index (χ4n) is 3.20. The quantitative estimate of drug-likeness (QED) is 0.860. The van der Waals surface area contributed by atoms with Gasteiger partial charge in [-0.05, 0) is 43.0 Å². The Bertz CT molecular complexity index is 672. The number of carbonyl (C=O) groups excluding carboxylic acids is 1. The van der Waals surface area contributed by atoms with Crippen molar-refractivity contribution in [2.45, 2.75) is 38.1 Å². The van der Waals surface area contributed by atoms with Crippen LogP contribution < -0.4 is 15.8 Å². The number of anilines is 1. The zero-order valence-corrected chi connectivity index (χ0v) is 13.8. The summed E-state index contributed by atoms with van der Waals surface area (Å²) in [6.45, 7) is 0. The molecule has 24 heavy (non-hydrogen) atoms. The van der Waals surface area contributed by atoms with Gasteiger partial charge in [-0.2, -0.15) is 0 Å². The van der Waals surface area contributed by atoms with E-state index in [-0.39, 0.29) is 17.9 Å². The summed E-state index contributed by atoms with van der Waals surface area (Å²) in [7, 11) is 0. The Balaban J connectivity index is 1.65. The van der Waals surface area contributed by atoms with E-state index in [1.807, 2.05) is 54.6 Å². The number of nitrogens with two attached hydrogens (primary N) is 1. The van der Waals surface area contributed by atoms with E-state index >= 15 is 0 Å². The van der Waals surface area contributed by atoms with Crippen molar-refractivity contribution in [3.8, 4) is 11.5 Å². The lowest BCUT2D eigenvalue weighted by Gasteiger charge is -2.28. The minimum atomic E-state index is 0.00135. The van der Waals surface area contributed by atoms with E-state index in [9.17, 15) is 4.79 Å². The van der Waals surface area contributed by atoms with Crippen LogP contribution in [0.1, 0.15) is 32.1 Å². The first-order valence-electron chi connectivity index (χ1n) is 8.60. The van der Waals surface area contributed by atoms with E-state index in [1.165, 1.54) is 12.8 Å². The Kier molecular flexibility index (Phi) is 5.49. The molecular weight excluding hydrogens is 300 g/mol. The molecule has 2 atom stereocenters. The molecule has 0 heterocycles. The molecule has 0 spiro atoms. The van der Waals surface area contributed by atoms with Crippen LogP contribution in [0.4, 0.5) is 5.69 Å². The smallest absolute Gasteiger partial charge is 0.224 e. The molecule has 2 unspecified atom stereocenters. The third-order valence-electron chi connectivity index (χ3n) is 4.55. The summed E-state index contributed by atoms with van der Waals surface area (Å²) in [5.41, 5.74) is 6.84. The highest BCUT2D eigenvalue weighted by atomic mass is 16.5. The molecule has 0 aromatic heterocycles.